The summed E-state index contributed by atoms with van der Waals surface area (Å²) in [6.45, 7) is 3.07. The second-order valence-electron chi connectivity index (χ2n) is 6.57. The van der Waals surface area contributed by atoms with Crippen LogP contribution < -0.4 is 4.74 Å². The fourth-order valence-electron chi connectivity index (χ4n) is 3.06. The summed E-state index contributed by atoms with van der Waals surface area (Å²) >= 11 is 0. The average Bonchev–Trinajstić information content (AvgIpc) is 3.20. The summed E-state index contributed by atoms with van der Waals surface area (Å²) < 4.78 is 6.67. The summed E-state index contributed by atoms with van der Waals surface area (Å²) in [6, 6.07) is 10.8. The monoisotopic (exact) mass is 415 g/mol. The number of halogens is 1. The number of amides is 1. The van der Waals surface area contributed by atoms with Crippen LogP contribution in [0.2, 0.25) is 0 Å². The smallest absolute Gasteiger partial charge is 0.274 e. The van der Waals surface area contributed by atoms with E-state index >= 15 is 0 Å². The molecule has 0 unspecified atom stereocenters. The zero-order chi connectivity index (χ0) is 19.5. The molecule has 1 aliphatic heterocycles. The van der Waals surface area contributed by atoms with E-state index in [2.05, 4.69) is 32.2 Å². The molecule has 4 rings (SSSR count). The molecule has 4 heterocycles. The number of piperazine rings is 1. The Morgan fingerprint density at radius 3 is 2.48 bits per heavy atom. The minimum Gasteiger partial charge on any atom is -0.480 e. The molecular weight excluding hydrogens is 394 g/mol. The maximum Gasteiger partial charge on any atom is 0.274 e. The van der Waals surface area contributed by atoms with Gasteiger partial charge >= 0.3 is 0 Å². The topological polar surface area (TPSA) is 89.3 Å². The van der Waals surface area contributed by atoms with Crippen LogP contribution in [-0.2, 0) is 0 Å². The van der Waals surface area contributed by atoms with Crippen molar-refractivity contribution in [3.63, 3.8) is 0 Å². The van der Waals surface area contributed by atoms with Gasteiger partial charge in [-0.3, -0.25) is 9.78 Å². The molecule has 1 aliphatic rings. The van der Waals surface area contributed by atoms with Crippen molar-refractivity contribution >= 4 is 18.3 Å². The standard InChI is InChI=1S/C19H21N7O2.ClH/c1-24-9-11-25(12-10-24)19(27)15-13-16(14-5-3-4-8-20-14)26(23-15)17-6-7-18(28-2)22-21-17;/h3-8,13H,9-12H2,1-2H3;1H. The van der Waals surface area contributed by atoms with E-state index in [1.165, 1.54) is 7.11 Å². The molecule has 0 aliphatic carbocycles. The third kappa shape index (κ3) is 4.36. The largest absolute Gasteiger partial charge is 0.480 e. The Morgan fingerprint density at radius 1 is 1.07 bits per heavy atom. The number of methoxy groups -OCH3 is 1. The molecule has 0 atom stereocenters. The SMILES string of the molecule is COc1ccc(-n2nc(C(=O)N3CCN(C)CC3)cc2-c2ccccn2)nn1.Cl. The summed E-state index contributed by atoms with van der Waals surface area (Å²) in [5.41, 5.74) is 1.74. The van der Waals surface area contributed by atoms with Crippen molar-refractivity contribution in [2.75, 3.05) is 40.3 Å². The van der Waals surface area contributed by atoms with Crippen molar-refractivity contribution in [3.8, 4) is 23.1 Å². The minimum absolute atomic E-state index is 0. The Hall–Kier alpha value is -3.04. The van der Waals surface area contributed by atoms with Gasteiger partial charge in [0.15, 0.2) is 11.5 Å². The molecule has 152 valence electrons. The van der Waals surface area contributed by atoms with Crippen LogP contribution >= 0.6 is 12.4 Å². The number of aromatic nitrogens is 5. The number of likely N-dealkylation sites (N-methyl/N-ethyl adjacent to an activating group) is 1. The quantitative estimate of drug-likeness (QED) is 0.638. The molecule has 10 heteroatoms. The number of hydrogen-bond donors (Lipinski definition) is 0. The van der Waals surface area contributed by atoms with Crippen molar-refractivity contribution in [1.82, 2.24) is 34.8 Å². The van der Waals surface area contributed by atoms with Gasteiger partial charge in [0, 0.05) is 38.4 Å². The molecule has 3 aromatic heterocycles. The number of carbonyl (C=O) groups is 1. The third-order valence-corrected chi connectivity index (χ3v) is 4.70. The molecule has 0 aromatic carbocycles. The lowest BCUT2D eigenvalue weighted by Crippen LogP contribution is -2.47. The fraction of sp³-hybridized carbons (Fsp3) is 0.316. The zero-order valence-electron chi connectivity index (χ0n) is 16.2. The first-order valence-electron chi connectivity index (χ1n) is 9.03. The van der Waals surface area contributed by atoms with Crippen LogP contribution in [0.5, 0.6) is 5.88 Å². The second-order valence-corrected chi connectivity index (χ2v) is 6.57. The zero-order valence-corrected chi connectivity index (χ0v) is 17.0. The highest BCUT2D eigenvalue weighted by Crippen LogP contribution is 2.22. The molecule has 1 fully saturated rings. The molecule has 29 heavy (non-hydrogen) atoms. The van der Waals surface area contributed by atoms with Gasteiger partial charge in [0.25, 0.3) is 5.91 Å². The number of ether oxygens (including phenoxy) is 1. The van der Waals surface area contributed by atoms with Gasteiger partial charge in [-0.15, -0.1) is 22.6 Å². The summed E-state index contributed by atoms with van der Waals surface area (Å²) in [6.07, 6.45) is 1.70. The first-order chi connectivity index (χ1) is 13.7. The van der Waals surface area contributed by atoms with Gasteiger partial charge < -0.3 is 14.5 Å². The van der Waals surface area contributed by atoms with Crippen LogP contribution in [0.25, 0.3) is 17.2 Å². The maximum absolute atomic E-state index is 13.0. The highest BCUT2D eigenvalue weighted by molar-refractivity contribution is 5.93. The maximum atomic E-state index is 13.0. The number of pyridine rings is 1. The van der Waals surface area contributed by atoms with Crippen molar-refractivity contribution in [1.29, 1.82) is 0 Å². The summed E-state index contributed by atoms with van der Waals surface area (Å²) in [5, 5.41) is 12.7. The van der Waals surface area contributed by atoms with Crippen molar-refractivity contribution < 1.29 is 9.53 Å². The lowest BCUT2D eigenvalue weighted by molar-refractivity contribution is 0.0657. The van der Waals surface area contributed by atoms with Crippen LogP contribution in [0.1, 0.15) is 10.5 Å². The van der Waals surface area contributed by atoms with Gasteiger partial charge in [-0.05, 0) is 31.3 Å². The number of carbonyl (C=O) groups excluding carboxylic acids is 1. The molecule has 0 saturated carbocycles. The van der Waals surface area contributed by atoms with Crippen molar-refractivity contribution in [2.24, 2.45) is 0 Å². The Morgan fingerprint density at radius 2 is 1.86 bits per heavy atom. The Bertz CT molecular complexity index is 954. The van der Waals surface area contributed by atoms with Gasteiger partial charge in [0.2, 0.25) is 5.88 Å². The fourth-order valence-corrected chi connectivity index (χ4v) is 3.06. The van der Waals surface area contributed by atoms with Gasteiger partial charge in [-0.1, -0.05) is 6.07 Å². The second kappa shape index (κ2) is 8.97. The lowest BCUT2D eigenvalue weighted by Gasteiger charge is -2.31. The highest BCUT2D eigenvalue weighted by atomic mass is 35.5. The molecule has 9 nitrogen and oxygen atoms in total. The average molecular weight is 416 g/mol. The molecule has 1 saturated heterocycles. The Labute approximate surface area is 174 Å². The first kappa shape index (κ1) is 20.7. The number of nitrogens with zero attached hydrogens (tertiary/aromatic N) is 7. The summed E-state index contributed by atoms with van der Waals surface area (Å²) in [4.78, 5) is 21.4. The van der Waals surface area contributed by atoms with Crippen LogP contribution in [0.4, 0.5) is 0 Å². The molecular formula is C19H22ClN7O2. The van der Waals surface area contributed by atoms with Crippen LogP contribution in [0.15, 0.2) is 42.6 Å². The van der Waals surface area contributed by atoms with E-state index < -0.39 is 0 Å². The highest BCUT2D eigenvalue weighted by Gasteiger charge is 2.25. The first-order valence-corrected chi connectivity index (χ1v) is 9.03. The van der Waals surface area contributed by atoms with E-state index in [9.17, 15) is 4.79 Å². The Balaban J connectivity index is 0.00000240. The van der Waals surface area contributed by atoms with E-state index in [0.717, 1.165) is 13.1 Å². The van der Waals surface area contributed by atoms with Gasteiger partial charge in [-0.25, -0.2) is 4.68 Å². The van der Waals surface area contributed by atoms with E-state index in [4.69, 9.17) is 4.74 Å². The van der Waals surface area contributed by atoms with E-state index in [-0.39, 0.29) is 18.3 Å². The molecule has 1 amide bonds. The molecule has 0 radical (unpaired) electrons. The van der Waals surface area contributed by atoms with Crippen LogP contribution in [0, 0.1) is 0 Å². The lowest BCUT2D eigenvalue weighted by atomic mass is 10.2. The van der Waals surface area contributed by atoms with Gasteiger partial charge in [0.1, 0.15) is 0 Å². The minimum atomic E-state index is -0.0921. The number of hydrogen-bond acceptors (Lipinski definition) is 7. The summed E-state index contributed by atoms with van der Waals surface area (Å²) in [7, 11) is 3.59. The Kier molecular flexibility index (Phi) is 6.40. The van der Waals surface area contributed by atoms with Gasteiger partial charge in [-0.2, -0.15) is 5.10 Å². The van der Waals surface area contributed by atoms with Gasteiger partial charge in [0.05, 0.1) is 18.5 Å². The molecule has 3 aromatic rings. The van der Waals surface area contributed by atoms with Crippen LogP contribution in [0.3, 0.4) is 0 Å². The molecule has 0 N–H and O–H groups in total. The molecule has 0 spiro atoms. The van der Waals surface area contributed by atoms with E-state index in [1.807, 2.05) is 23.1 Å². The summed E-state index contributed by atoms with van der Waals surface area (Å²) in [5.74, 6) is 0.799. The van der Waals surface area contributed by atoms with Crippen molar-refractivity contribution in [3.05, 3.63) is 48.3 Å². The predicted molar refractivity (Wildman–Crippen MR) is 110 cm³/mol. The van der Waals surface area contributed by atoms with E-state index in [1.54, 1.807) is 29.1 Å². The normalized spacial score (nSPS) is 14.3. The van der Waals surface area contributed by atoms with Crippen molar-refractivity contribution in [2.45, 2.75) is 0 Å². The predicted octanol–water partition coefficient (Wildman–Crippen LogP) is 1.54. The van der Waals surface area contributed by atoms with E-state index in [0.29, 0.717) is 41.9 Å². The number of rotatable bonds is 4. The molecule has 0 bridgehead atoms. The van der Waals surface area contributed by atoms with Crippen LogP contribution in [-0.4, -0.2) is 81.0 Å². The third-order valence-electron chi connectivity index (χ3n) is 4.70.